The highest BCUT2D eigenvalue weighted by Gasteiger charge is 2.26. The second-order valence-electron chi connectivity index (χ2n) is 6.85. The van der Waals surface area contributed by atoms with Crippen LogP contribution >= 0.6 is 0 Å². The zero-order valence-electron chi connectivity index (χ0n) is 16.2. The highest BCUT2D eigenvalue weighted by Crippen LogP contribution is 2.24. The first-order valence-electron chi connectivity index (χ1n) is 9.50. The Hall–Kier alpha value is -2.54. The van der Waals surface area contributed by atoms with E-state index < -0.39 is 10.0 Å². The van der Waals surface area contributed by atoms with Gasteiger partial charge in [0.2, 0.25) is 10.0 Å². The van der Waals surface area contributed by atoms with Crippen molar-refractivity contribution in [2.24, 2.45) is 0 Å². The summed E-state index contributed by atoms with van der Waals surface area (Å²) in [6.07, 6.45) is 2.30. The standard InChI is InChI=1S/C21H26N2O4S/c1-3-20(16-8-12-19(27-2)13-9-16)22-21(24)17-6-10-18(11-7-17)23-14-4-5-15-28(23,25)26/h6-13,20H,3-5,14-15H2,1-2H3,(H,22,24). The first-order valence-corrected chi connectivity index (χ1v) is 11.1. The van der Waals surface area contributed by atoms with E-state index in [0.29, 0.717) is 24.2 Å². The van der Waals surface area contributed by atoms with Crippen LogP contribution in [0.25, 0.3) is 0 Å². The topological polar surface area (TPSA) is 75.7 Å². The van der Waals surface area contributed by atoms with E-state index in [1.807, 2.05) is 31.2 Å². The summed E-state index contributed by atoms with van der Waals surface area (Å²) in [6, 6.07) is 14.3. The second kappa shape index (κ2) is 8.65. The summed E-state index contributed by atoms with van der Waals surface area (Å²) in [5, 5.41) is 3.04. The molecule has 1 unspecified atom stereocenters. The fraction of sp³-hybridized carbons (Fsp3) is 0.381. The van der Waals surface area contributed by atoms with Crippen LogP contribution in [0, 0.1) is 0 Å². The average Bonchev–Trinajstić information content (AvgIpc) is 2.72. The molecule has 1 amide bonds. The van der Waals surface area contributed by atoms with Gasteiger partial charge in [0, 0.05) is 12.1 Å². The predicted molar refractivity (Wildman–Crippen MR) is 110 cm³/mol. The van der Waals surface area contributed by atoms with Gasteiger partial charge in [-0.2, -0.15) is 0 Å². The van der Waals surface area contributed by atoms with Crippen molar-refractivity contribution in [3.8, 4) is 5.75 Å². The number of nitrogens with one attached hydrogen (secondary N) is 1. The lowest BCUT2D eigenvalue weighted by atomic mass is 10.0. The molecule has 0 spiro atoms. The minimum absolute atomic E-state index is 0.111. The van der Waals surface area contributed by atoms with Gasteiger partial charge in [0.05, 0.1) is 24.6 Å². The van der Waals surface area contributed by atoms with Crippen molar-refractivity contribution < 1.29 is 17.9 Å². The van der Waals surface area contributed by atoms with Gasteiger partial charge in [-0.15, -0.1) is 0 Å². The Morgan fingerprint density at radius 1 is 1.11 bits per heavy atom. The van der Waals surface area contributed by atoms with Crippen molar-refractivity contribution in [1.82, 2.24) is 5.32 Å². The summed E-state index contributed by atoms with van der Waals surface area (Å²) in [5.41, 5.74) is 2.12. The summed E-state index contributed by atoms with van der Waals surface area (Å²) in [7, 11) is -1.63. The molecular formula is C21H26N2O4S. The normalized spacial score (nSPS) is 17.0. The number of nitrogens with zero attached hydrogens (tertiary/aromatic N) is 1. The number of carbonyl (C=O) groups is 1. The zero-order valence-corrected chi connectivity index (χ0v) is 17.0. The molecule has 7 heteroatoms. The maximum absolute atomic E-state index is 12.7. The number of hydrogen-bond acceptors (Lipinski definition) is 4. The van der Waals surface area contributed by atoms with Gasteiger partial charge in [-0.25, -0.2) is 8.42 Å². The molecule has 1 aliphatic heterocycles. The quantitative estimate of drug-likeness (QED) is 0.802. The van der Waals surface area contributed by atoms with Crippen molar-refractivity contribution in [1.29, 1.82) is 0 Å². The Kier molecular flexibility index (Phi) is 6.24. The van der Waals surface area contributed by atoms with Crippen LogP contribution in [-0.2, 0) is 10.0 Å². The molecule has 1 fully saturated rings. The van der Waals surface area contributed by atoms with Crippen LogP contribution in [0.4, 0.5) is 5.69 Å². The van der Waals surface area contributed by atoms with Crippen LogP contribution in [0.5, 0.6) is 5.75 Å². The van der Waals surface area contributed by atoms with E-state index in [4.69, 9.17) is 4.74 Å². The number of carbonyl (C=O) groups excluding carboxylic acids is 1. The van der Waals surface area contributed by atoms with Gasteiger partial charge in [-0.3, -0.25) is 9.10 Å². The van der Waals surface area contributed by atoms with Crippen LogP contribution < -0.4 is 14.4 Å². The molecule has 3 rings (SSSR count). The highest BCUT2D eigenvalue weighted by molar-refractivity contribution is 7.92. The number of ether oxygens (including phenoxy) is 1. The Labute approximate surface area is 166 Å². The molecule has 1 aliphatic rings. The number of rotatable bonds is 6. The number of hydrogen-bond donors (Lipinski definition) is 1. The van der Waals surface area contributed by atoms with Gasteiger partial charge >= 0.3 is 0 Å². The van der Waals surface area contributed by atoms with Gasteiger partial charge in [0.15, 0.2) is 0 Å². The maximum Gasteiger partial charge on any atom is 0.251 e. The highest BCUT2D eigenvalue weighted by atomic mass is 32.2. The largest absolute Gasteiger partial charge is 0.497 e. The fourth-order valence-corrected chi connectivity index (χ4v) is 5.00. The molecule has 0 aliphatic carbocycles. The lowest BCUT2D eigenvalue weighted by Gasteiger charge is -2.28. The Morgan fingerprint density at radius 3 is 2.36 bits per heavy atom. The molecule has 1 atom stereocenters. The molecule has 1 N–H and O–H groups in total. The zero-order chi connectivity index (χ0) is 20.1. The molecule has 1 saturated heterocycles. The Balaban J connectivity index is 1.71. The molecular weight excluding hydrogens is 376 g/mol. The van der Waals surface area contributed by atoms with Crippen molar-refractivity contribution >= 4 is 21.6 Å². The third kappa shape index (κ3) is 4.47. The third-order valence-corrected chi connectivity index (χ3v) is 6.87. The molecule has 0 radical (unpaired) electrons. The molecule has 150 valence electrons. The molecule has 0 saturated carbocycles. The van der Waals surface area contributed by atoms with Crippen molar-refractivity contribution in [3.63, 3.8) is 0 Å². The van der Waals surface area contributed by atoms with Crippen molar-refractivity contribution in [3.05, 3.63) is 59.7 Å². The Bertz CT molecular complexity index is 908. The van der Waals surface area contributed by atoms with E-state index in [0.717, 1.165) is 24.2 Å². The predicted octanol–water partition coefficient (Wildman–Crippen LogP) is 3.51. The first kappa shape index (κ1) is 20.2. The van der Waals surface area contributed by atoms with Gasteiger partial charge in [0.25, 0.3) is 5.91 Å². The van der Waals surface area contributed by atoms with E-state index in [1.54, 1.807) is 31.4 Å². The first-order chi connectivity index (χ1) is 13.4. The van der Waals surface area contributed by atoms with Crippen molar-refractivity contribution in [2.45, 2.75) is 32.2 Å². The van der Waals surface area contributed by atoms with E-state index in [-0.39, 0.29) is 17.7 Å². The minimum Gasteiger partial charge on any atom is -0.497 e. The summed E-state index contributed by atoms with van der Waals surface area (Å²) < 4.78 is 31.1. The van der Waals surface area contributed by atoms with Gasteiger partial charge in [0.1, 0.15) is 5.75 Å². The monoisotopic (exact) mass is 402 g/mol. The number of benzene rings is 2. The van der Waals surface area contributed by atoms with E-state index >= 15 is 0 Å². The molecule has 1 heterocycles. The second-order valence-corrected chi connectivity index (χ2v) is 8.86. The molecule has 0 aromatic heterocycles. The third-order valence-electron chi connectivity index (χ3n) is 5.00. The molecule has 0 bridgehead atoms. The lowest BCUT2D eigenvalue weighted by Crippen LogP contribution is -2.37. The molecule has 2 aromatic carbocycles. The number of methoxy groups -OCH3 is 1. The van der Waals surface area contributed by atoms with Crippen LogP contribution in [0.1, 0.15) is 48.1 Å². The van der Waals surface area contributed by atoms with Crippen molar-refractivity contribution in [2.75, 3.05) is 23.7 Å². The molecule has 2 aromatic rings. The van der Waals surface area contributed by atoms with Gasteiger partial charge in [-0.05, 0) is 61.2 Å². The van der Waals surface area contributed by atoms with E-state index in [9.17, 15) is 13.2 Å². The minimum atomic E-state index is -3.25. The number of anilines is 1. The van der Waals surface area contributed by atoms with Gasteiger partial charge < -0.3 is 10.1 Å². The maximum atomic E-state index is 12.7. The summed E-state index contributed by atoms with van der Waals surface area (Å²) in [6.45, 7) is 2.50. The van der Waals surface area contributed by atoms with Gasteiger partial charge in [-0.1, -0.05) is 19.1 Å². The molecule has 28 heavy (non-hydrogen) atoms. The van der Waals surface area contributed by atoms with E-state index in [1.165, 1.54) is 4.31 Å². The molecule has 6 nitrogen and oxygen atoms in total. The number of amides is 1. The Morgan fingerprint density at radius 2 is 1.79 bits per heavy atom. The number of sulfonamides is 1. The van der Waals surface area contributed by atoms with Crippen LogP contribution in [-0.4, -0.2) is 33.7 Å². The smallest absolute Gasteiger partial charge is 0.251 e. The van der Waals surface area contributed by atoms with E-state index in [2.05, 4.69) is 5.32 Å². The SMILES string of the molecule is CCC(NC(=O)c1ccc(N2CCCCS2(=O)=O)cc1)c1ccc(OC)cc1. The average molecular weight is 403 g/mol. The lowest BCUT2D eigenvalue weighted by molar-refractivity contribution is 0.0935. The van der Waals surface area contributed by atoms with Crippen LogP contribution in [0.3, 0.4) is 0 Å². The summed E-state index contributed by atoms with van der Waals surface area (Å²) >= 11 is 0. The van der Waals surface area contributed by atoms with Crippen LogP contribution in [0.2, 0.25) is 0 Å². The van der Waals surface area contributed by atoms with Crippen LogP contribution in [0.15, 0.2) is 48.5 Å². The summed E-state index contributed by atoms with van der Waals surface area (Å²) in [4.78, 5) is 12.7. The fourth-order valence-electron chi connectivity index (χ4n) is 3.36. The summed E-state index contributed by atoms with van der Waals surface area (Å²) in [5.74, 6) is 0.763.